The molecule has 4 N–H and O–H groups in total. The Hall–Kier alpha value is -1.67. The van der Waals surface area contributed by atoms with E-state index in [9.17, 15) is 19.3 Å². The van der Waals surface area contributed by atoms with Crippen molar-refractivity contribution < 1.29 is 24.3 Å². The van der Waals surface area contributed by atoms with Crippen molar-refractivity contribution in [2.45, 2.75) is 13.0 Å². The summed E-state index contributed by atoms with van der Waals surface area (Å²) in [6.45, 7) is 1.05. The molecule has 0 radical (unpaired) electrons. The van der Waals surface area contributed by atoms with Crippen LogP contribution in [0.3, 0.4) is 0 Å². The monoisotopic (exact) mass is 292 g/mol. The fraction of sp³-hybridized carbons (Fsp3) is 0.333. The van der Waals surface area contributed by atoms with E-state index >= 15 is 0 Å². The Morgan fingerprint density at radius 2 is 2.16 bits per heavy atom. The molecule has 0 bridgehead atoms. The van der Waals surface area contributed by atoms with E-state index in [0.29, 0.717) is 10.5 Å². The molecule has 1 aromatic heterocycles. The Morgan fingerprint density at radius 3 is 2.74 bits per heavy atom. The number of hydrogen-bond donors (Lipinski definition) is 4. The van der Waals surface area contributed by atoms with Gasteiger partial charge in [0.2, 0.25) is 0 Å². The molecule has 0 amide bonds. The summed E-state index contributed by atoms with van der Waals surface area (Å²) < 4.78 is 11.2. The molecule has 10 heteroatoms. The fourth-order valence-electron chi connectivity index (χ4n) is 1.06. The molecule has 1 rings (SSSR count). The van der Waals surface area contributed by atoms with Crippen LogP contribution in [-0.4, -0.2) is 37.3 Å². The number of hydrogen-bond acceptors (Lipinski definition) is 5. The van der Waals surface area contributed by atoms with Gasteiger partial charge in [0, 0.05) is 11.4 Å². The molecule has 0 saturated carbocycles. The van der Waals surface area contributed by atoms with Crippen LogP contribution in [0.4, 0.5) is 0 Å². The Morgan fingerprint density at radius 1 is 1.53 bits per heavy atom. The summed E-state index contributed by atoms with van der Waals surface area (Å²) in [6.07, 6.45) is 0.678. The maximum absolute atomic E-state index is 11.3. The number of aliphatic hydroxyl groups is 1. The quantitative estimate of drug-likeness (QED) is 0.475. The molecule has 1 atom stereocenters. The van der Waals surface area contributed by atoms with Crippen LogP contribution in [0.25, 0.3) is 0 Å². The lowest BCUT2D eigenvalue weighted by Gasteiger charge is -2.10. The summed E-state index contributed by atoms with van der Waals surface area (Å²) in [7, 11) is -4.35. The average molecular weight is 292 g/mol. The summed E-state index contributed by atoms with van der Waals surface area (Å²) in [6, 6.07) is 0. The minimum atomic E-state index is -4.35. The summed E-state index contributed by atoms with van der Waals surface area (Å²) in [4.78, 5) is 46.3. The first-order valence-corrected chi connectivity index (χ1v) is 6.76. The van der Waals surface area contributed by atoms with Crippen LogP contribution in [0.2, 0.25) is 0 Å². The topological polar surface area (TPSA) is 142 Å². The number of aromatic amines is 1. The molecule has 0 aromatic carbocycles. The van der Waals surface area contributed by atoms with E-state index in [0.717, 1.165) is 12.3 Å². The number of rotatable bonds is 5. The highest BCUT2D eigenvalue weighted by atomic mass is 31.2. The van der Waals surface area contributed by atoms with Crippen LogP contribution in [-0.2, 0) is 4.57 Å². The van der Waals surface area contributed by atoms with Crippen molar-refractivity contribution >= 4 is 7.60 Å². The molecule has 0 aliphatic carbocycles. The number of aromatic nitrogens is 2. The van der Waals surface area contributed by atoms with Gasteiger partial charge in [-0.3, -0.25) is 14.3 Å². The molecule has 0 spiro atoms. The van der Waals surface area contributed by atoms with E-state index in [4.69, 9.17) is 14.6 Å². The van der Waals surface area contributed by atoms with E-state index in [-0.39, 0.29) is 5.56 Å². The minimum absolute atomic E-state index is 0.236. The molecule has 9 nitrogen and oxygen atoms in total. The van der Waals surface area contributed by atoms with Crippen molar-refractivity contribution in [3.8, 4) is 0 Å². The normalized spacial score (nSPS) is 13.7. The second kappa shape index (κ2) is 5.98. The minimum Gasteiger partial charge on any atom is -0.406 e. The van der Waals surface area contributed by atoms with Crippen LogP contribution in [0, 0.1) is 6.92 Å². The van der Waals surface area contributed by atoms with Gasteiger partial charge >= 0.3 is 13.3 Å². The van der Waals surface area contributed by atoms with Gasteiger partial charge in [-0.25, -0.2) is 4.79 Å². The SMILES string of the molecule is Cc1cn(OC[C@H](O)C=CP(=O)(O)O)c(=O)[nH]c1=O. The highest BCUT2D eigenvalue weighted by Crippen LogP contribution is 2.35. The average Bonchev–Trinajstić information content (AvgIpc) is 2.28. The number of nitrogens with one attached hydrogen (secondary N) is 1. The zero-order valence-electron chi connectivity index (χ0n) is 9.89. The number of H-pyrrole nitrogens is 1. The Bertz CT molecular complexity index is 626. The van der Waals surface area contributed by atoms with Crippen molar-refractivity contribution in [1.29, 1.82) is 0 Å². The van der Waals surface area contributed by atoms with Crippen molar-refractivity contribution in [3.63, 3.8) is 0 Å². The maximum atomic E-state index is 11.3. The Kier molecular flexibility index (Phi) is 4.84. The predicted molar refractivity (Wildman–Crippen MR) is 64.7 cm³/mol. The van der Waals surface area contributed by atoms with Gasteiger partial charge < -0.3 is 19.7 Å². The first-order valence-electron chi connectivity index (χ1n) is 5.07. The third kappa shape index (κ3) is 5.23. The van der Waals surface area contributed by atoms with Crippen LogP contribution in [0.5, 0.6) is 0 Å². The van der Waals surface area contributed by atoms with Gasteiger partial charge in [-0.15, -0.1) is 4.73 Å². The third-order valence-corrected chi connectivity index (χ3v) is 2.54. The van der Waals surface area contributed by atoms with Crippen LogP contribution in [0.1, 0.15) is 5.56 Å². The molecule has 0 fully saturated rings. The first kappa shape index (κ1) is 15.4. The zero-order valence-corrected chi connectivity index (χ0v) is 10.8. The van der Waals surface area contributed by atoms with Crippen molar-refractivity contribution in [2.24, 2.45) is 0 Å². The van der Waals surface area contributed by atoms with Crippen molar-refractivity contribution in [1.82, 2.24) is 9.71 Å². The standard InChI is InChI=1S/C9H13N2O7P/c1-6-4-11(9(14)10-8(6)13)18-5-7(12)2-3-19(15,16)17/h2-4,7,12H,5H2,1H3,(H,10,13,14)(H2,15,16,17)/t7-/m1/s1. The lowest BCUT2D eigenvalue weighted by atomic mass is 10.4. The molecule has 19 heavy (non-hydrogen) atoms. The number of aliphatic hydroxyl groups excluding tert-OH is 1. The van der Waals surface area contributed by atoms with Gasteiger partial charge in [-0.1, -0.05) is 0 Å². The smallest absolute Gasteiger partial charge is 0.361 e. The summed E-state index contributed by atoms with van der Waals surface area (Å²) >= 11 is 0. The van der Waals surface area contributed by atoms with Gasteiger partial charge in [-0.2, -0.15) is 0 Å². The predicted octanol–water partition coefficient (Wildman–Crippen LogP) is -1.67. The number of nitrogens with zero attached hydrogens (tertiary/aromatic N) is 1. The van der Waals surface area contributed by atoms with E-state index in [2.05, 4.69) is 0 Å². The summed E-state index contributed by atoms with van der Waals surface area (Å²) in [5.41, 5.74) is -1.13. The Labute approximate surface area is 106 Å². The molecule has 1 heterocycles. The van der Waals surface area contributed by atoms with E-state index in [1.54, 1.807) is 0 Å². The van der Waals surface area contributed by atoms with Gasteiger partial charge in [-0.05, 0) is 13.0 Å². The highest BCUT2D eigenvalue weighted by molar-refractivity contribution is 7.55. The summed E-state index contributed by atoms with van der Waals surface area (Å²) in [5.74, 6) is 0.530. The van der Waals surface area contributed by atoms with Gasteiger partial charge in [0.05, 0.1) is 6.20 Å². The lowest BCUT2D eigenvalue weighted by Crippen LogP contribution is -2.36. The molecule has 106 valence electrons. The lowest BCUT2D eigenvalue weighted by molar-refractivity contribution is 0.0393. The first-order chi connectivity index (χ1) is 8.69. The summed E-state index contributed by atoms with van der Waals surface area (Å²) in [5, 5.41) is 9.35. The molecule has 1 aromatic rings. The third-order valence-electron chi connectivity index (χ3n) is 1.98. The highest BCUT2D eigenvalue weighted by Gasteiger charge is 2.09. The molecular formula is C9H13N2O7P. The van der Waals surface area contributed by atoms with Crippen LogP contribution >= 0.6 is 7.60 Å². The van der Waals surface area contributed by atoms with E-state index in [1.807, 2.05) is 4.98 Å². The van der Waals surface area contributed by atoms with E-state index < -0.39 is 31.6 Å². The van der Waals surface area contributed by atoms with Crippen molar-refractivity contribution in [2.75, 3.05) is 6.61 Å². The number of aryl methyl sites for hydroxylation is 1. The van der Waals surface area contributed by atoms with E-state index in [1.165, 1.54) is 6.92 Å². The molecular weight excluding hydrogens is 279 g/mol. The van der Waals surface area contributed by atoms with Crippen LogP contribution in [0.15, 0.2) is 27.7 Å². The zero-order chi connectivity index (χ0) is 14.6. The largest absolute Gasteiger partial charge is 0.406 e. The van der Waals surface area contributed by atoms with Gasteiger partial charge in [0.25, 0.3) is 5.56 Å². The van der Waals surface area contributed by atoms with Crippen LogP contribution < -0.4 is 16.1 Å². The van der Waals surface area contributed by atoms with Crippen molar-refractivity contribution in [3.05, 3.63) is 44.5 Å². The molecule has 0 saturated heterocycles. The maximum Gasteiger partial charge on any atom is 0.361 e. The molecule has 0 unspecified atom stereocenters. The van der Waals surface area contributed by atoms with Gasteiger partial charge in [0.1, 0.15) is 12.7 Å². The molecule has 0 aliphatic heterocycles. The second-order valence-electron chi connectivity index (χ2n) is 3.69. The Balaban J connectivity index is 2.70. The van der Waals surface area contributed by atoms with Gasteiger partial charge in [0.15, 0.2) is 0 Å². The fourth-order valence-corrected chi connectivity index (χ4v) is 1.49. The second-order valence-corrected chi connectivity index (χ2v) is 5.17. The molecule has 0 aliphatic rings.